The van der Waals surface area contributed by atoms with E-state index in [9.17, 15) is 0 Å². The first-order valence-corrected chi connectivity index (χ1v) is 9.95. The van der Waals surface area contributed by atoms with Crippen molar-refractivity contribution in [2.75, 3.05) is 7.05 Å². The molecule has 138 valence electrons. The van der Waals surface area contributed by atoms with Crippen molar-refractivity contribution < 1.29 is 4.42 Å². The van der Waals surface area contributed by atoms with Crippen LogP contribution in [0.15, 0.2) is 59.0 Å². The first kappa shape index (κ1) is 17.0. The molecule has 2 aliphatic heterocycles. The maximum absolute atomic E-state index is 6.21. The summed E-state index contributed by atoms with van der Waals surface area (Å²) in [7, 11) is 2.24. The zero-order valence-corrected chi connectivity index (χ0v) is 16.0. The summed E-state index contributed by atoms with van der Waals surface area (Å²) < 4.78 is 6.21. The van der Waals surface area contributed by atoms with Crippen LogP contribution in [0.5, 0.6) is 0 Å². The summed E-state index contributed by atoms with van der Waals surface area (Å²) in [5.74, 6) is 1.94. The van der Waals surface area contributed by atoms with Crippen molar-refractivity contribution >= 4 is 11.6 Å². The van der Waals surface area contributed by atoms with Crippen molar-refractivity contribution in [2.24, 2.45) is 0 Å². The van der Waals surface area contributed by atoms with E-state index >= 15 is 0 Å². The van der Waals surface area contributed by atoms with E-state index in [2.05, 4.69) is 34.3 Å². The van der Waals surface area contributed by atoms with E-state index in [1.54, 1.807) is 0 Å². The molecule has 2 bridgehead atoms. The number of fused-ring (bicyclic) bond motifs is 2. The van der Waals surface area contributed by atoms with Crippen molar-refractivity contribution in [1.29, 1.82) is 0 Å². The number of rotatable bonds is 3. The van der Waals surface area contributed by atoms with Gasteiger partial charge in [-0.1, -0.05) is 41.9 Å². The van der Waals surface area contributed by atoms with Gasteiger partial charge in [0, 0.05) is 22.7 Å². The van der Waals surface area contributed by atoms with Gasteiger partial charge < -0.3 is 4.42 Å². The van der Waals surface area contributed by atoms with Crippen LogP contribution in [0.3, 0.4) is 0 Å². The third-order valence-corrected chi connectivity index (χ3v) is 6.57. The number of halogens is 1. The van der Waals surface area contributed by atoms with Crippen molar-refractivity contribution in [3.63, 3.8) is 0 Å². The molecular formula is C22H22ClN3O. The lowest BCUT2D eigenvalue weighted by atomic mass is 9.76. The molecule has 0 radical (unpaired) electrons. The normalized spacial score (nSPS) is 27.8. The molecule has 0 aliphatic carbocycles. The predicted octanol–water partition coefficient (Wildman–Crippen LogP) is 5.12. The van der Waals surface area contributed by atoms with Crippen LogP contribution in [0, 0.1) is 0 Å². The SMILES string of the molecule is CN1[C@H]2CC[C@@H]1[C@H](c1nnc(-c3ccccc3)o1)C(c1ccc(Cl)cc1)C2. The largest absolute Gasteiger partial charge is 0.420 e. The lowest BCUT2D eigenvalue weighted by Gasteiger charge is -2.41. The van der Waals surface area contributed by atoms with Gasteiger partial charge in [0.25, 0.3) is 0 Å². The maximum atomic E-state index is 6.21. The number of likely N-dealkylation sites (N-methyl/N-ethyl adjacent to an activating group) is 1. The summed E-state index contributed by atoms with van der Waals surface area (Å²) in [6, 6.07) is 19.3. The van der Waals surface area contributed by atoms with Gasteiger partial charge in [-0.2, -0.15) is 0 Å². The molecule has 0 N–H and O–H groups in total. The minimum absolute atomic E-state index is 0.208. The molecule has 1 aromatic heterocycles. The Balaban J connectivity index is 1.54. The smallest absolute Gasteiger partial charge is 0.247 e. The van der Waals surface area contributed by atoms with Gasteiger partial charge in [0.15, 0.2) is 0 Å². The van der Waals surface area contributed by atoms with Gasteiger partial charge in [0.1, 0.15) is 0 Å². The highest BCUT2D eigenvalue weighted by Crippen LogP contribution is 2.50. The average molecular weight is 380 g/mol. The molecule has 2 fully saturated rings. The monoisotopic (exact) mass is 379 g/mol. The van der Waals surface area contributed by atoms with E-state index in [0.29, 0.717) is 23.9 Å². The van der Waals surface area contributed by atoms with Crippen molar-refractivity contribution in [2.45, 2.75) is 43.2 Å². The van der Waals surface area contributed by atoms with Crippen LogP contribution >= 0.6 is 11.6 Å². The third-order valence-electron chi connectivity index (χ3n) is 6.31. The number of piperidine rings is 1. The summed E-state index contributed by atoms with van der Waals surface area (Å²) in [6.45, 7) is 0. The predicted molar refractivity (Wildman–Crippen MR) is 106 cm³/mol. The average Bonchev–Trinajstić information content (AvgIpc) is 3.26. The van der Waals surface area contributed by atoms with Gasteiger partial charge in [-0.25, -0.2) is 0 Å². The Kier molecular flexibility index (Phi) is 4.25. The third kappa shape index (κ3) is 2.97. The maximum Gasteiger partial charge on any atom is 0.247 e. The summed E-state index contributed by atoms with van der Waals surface area (Å²) in [6.07, 6.45) is 3.53. The van der Waals surface area contributed by atoms with Gasteiger partial charge in [-0.05, 0) is 62.1 Å². The molecular weight excluding hydrogens is 358 g/mol. The summed E-state index contributed by atoms with van der Waals surface area (Å²) in [5.41, 5.74) is 2.28. The van der Waals surface area contributed by atoms with Gasteiger partial charge in [-0.15, -0.1) is 10.2 Å². The Labute approximate surface area is 164 Å². The highest BCUT2D eigenvalue weighted by molar-refractivity contribution is 6.30. The fourth-order valence-corrected chi connectivity index (χ4v) is 5.05. The molecule has 2 saturated heterocycles. The minimum atomic E-state index is 0.208. The molecule has 2 aromatic carbocycles. The van der Waals surface area contributed by atoms with Crippen molar-refractivity contribution in [3.05, 3.63) is 71.1 Å². The van der Waals surface area contributed by atoms with Crippen molar-refractivity contribution in [1.82, 2.24) is 15.1 Å². The topological polar surface area (TPSA) is 42.2 Å². The number of hydrogen-bond donors (Lipinski definition) is 0. The number of nitrogens with zero attached hydrogens (tertiary/aromatic N) is 3. The Morgan fingerprint density at radius 1 is 1.00 bits per heavy atom. The molecule has 2 aliphatic rings. The zero-order chi connectivity index (χ0) is 18.4. The second-order valence-electron chi connectivity index (χ2n) is 7.69. The quantitative estimate of drug-likeness (QED) is 0.633. The van der Waals surface area contributed by atoms with Gasteiger partial charge in [0.05, 0.1) is 5.92 Å². The summed E-state index contributed by atoms with van der Waals surface area (Å²) in [4.78, 5) is 2.52. The Hall–Kier alpha value is -2.17. The molecule has 5 rings (SSSR count). The van der Waals surface area contributed by atoms with Crippen LogP contribution in [-0.2, 0) is 0 Å². The fraction of sp³-hybridized carbons (Fsp3) is 0.364. The molecule has 1 unspecified atom stereocenters. The van der Waals surface area contributed by atoms with Crippen LogP contribution in [0.1, 0.15) is 42.6 Å². The van der Waals surface area contributed by atoms with Crippen LogP contribution in [0.4, 0.5) is 0 Å². The van der Waals surface area contributed by atoms with Gasteiger partial charge in [-0.3, -0.25) is 4.90 Å². The molecule has 27 heavy (non-hydrogen) atoms. The van der Waals surface area contributed by atoms with Gasteiger partial charge in [0.2, 0.25) is 11.8 Å². The van der Waals surface area contributed by atoms with Crippen LogP contribution < -0.4 is 0 Å². The molecule has 3 aromatic rings. The Morgan fingerprint density at radius 2 is 1.78 bits per heavy atom. The molecule has 0 amide bonds. The Bertz CT molecular complexity index is 924. The zero-order valence-electron chi connectivity index (χ0n) is 15.3. The van der Waals surface area contributed by atoms with E-state index in [4.69, 9.17) is 16.0 Å². The van der Waals surface area contributed by atoms with E-state index in [-0.39, 0.29) is 5.92 Å². The number of hydrogen-bond acceptors (Lipinski definition) is 4. The van der Waals surface area contributed by atoms with Gasteiger partial charge >= 0.3 is 0 Å². The summed E-state index contributed by atoms with van der Waals surface area (Å²) in [5, 5.41) is 9.62. The van der Waals surface area contributed by atoms with Crippen molar-refractivity contribution in [3.8, 4) is 11.5 Å². The molecule has 4 nitrogen and oxygen atoms in total. The van der Waals surface area contributed by atoms with Crippen LogP contribution in [0.2, 0.25) is 5.02 Å². The van der Waals surface area contributed by atoms with E-state index in [1.165, 1.54) is 18.4 Å². The second kappa shape index (κ2) is 6.77. The lowest BCUT2D eigenvalue weighted by molar-refractivity contribution is 0.124. The van der Waals surface area contributed by atoms with E-state index in [0.717, 1.165) is 22.9 Å². The Morgan fingerprint density at radius 3 is 2.56 bits per heavy atom. The fourth-order valence-electron chi connectivity index (χ4n) is 4.92. The molecule has 4 atom stereocenters. The van der Waals surface area contributed by atoms with E-state index < -0.39 is 0 Å². The molecule has 5 heteroatoms. The molecule has 3 heterocycles. The molecule has 0 spiro atoms. The highest BCUT2D eigenvalue weighted by Gasteiger charge is 2.48. The standard InChI is InChI=1S/C22H22ClN3O/c1-26-17-11-12-19(26)20(18(13-17)14-7-9-16(23)10-8-14)22-25-24-21(27-22)15-5-3-2-4-6-15/h2-10,17-20H,11-13H2,1H3/t17-,18?,19+,20+/m0/s1. The molecule has 0 saturated carbocycles. The second-order valence-corrected chi connectivity index (χ2v) is 8.13. The number of benzene rings is 2. The number of aromatic nitrogens is 2. The summed E-state index contributed by atoms with van der Waals surface area (Å²) >= 11 is 6.12. The van der Waals surface area contributed by atoms with Crippen LogP contribution in [0.25, 0.3) is 11.5 Å². The highest BCUT2D eigenvalue weighted by atomic mass is 35.5. The van der Waals surface area contributed by atoms with E-state index in [1.807, 2.05) is 42.5 Å². The lowest BCUT2D eigenvalue weighted by Crippen LogP contribution is -2.44. The van der Waals surface area contributed by atoms with Crippen LogP contribution in [-0.4, -0.2) is 34.2 Å². The first-order chi connectivity index (χ1) is 13.2. The first-order valence-electron chi connectivity index (χ1n) is 9.57. The minimum Gasteiger partial charge on any atom is -0.420 e.